The topological polar surface area (TPSA) is 116 Å². The van der Waals surface area contributed by atoms with Crippen LogP contribution in [-0.4, -0.2) is 78.3 Å². The molecule has 26 heavy (non-hydrogen) atoms. The van der Waals surface area contributed by atoms with Gasteiger partial charge in [-0.15, -0.1) is 0 Å². The van der Waals surface area contributed by atoms with Gasteiger partial charge in [0.2, 0.25) is 0 Å². The Balaban J connectivity index is 1.66. The lowest BCUT2D eigenvalue weighted by molar-refractivity contribution is -0.271. The highest BCUT2D eigenvalue weighted by Gasteiger charge is 2.44. The predicted molar refractivity (Wildman–Crippen MR) is 95.1 cm³/mol. The van der Waals surface area contributed by atoms with E-state index in [9.17, 15) is 15.3 Å². The molecule has 1 aromatic carbocycles. The van der Waals surface area contributed by atoms with E-state index >= 15 is 0 Å². The third kappa shape index (κ3) is 3.71. The van der Waals surface area contributed by atoms with Crippen molar-refractivity contribution in [3.63, 3.8) is 0 Å². The highest BCUT2D eigenvalue weighted by atomic mass is 16.7. The van der Waals surface area contributed by atoms with E-state index in [2.05, 4.69) is 10.3 Å². The summed E-state index contributed by atoms with van der Waals surface area (Å²) in [5.41, 5.74) is 2.12. The van der Waals surface area contributed by atoms with Crippen LogP contribution in [0, 0.1) is 0 Å². The normalized spacial score (nSPS) is 29.2. The monoisotopic (exact) mass is 366 g/mol. The zero-order valence-electron chi connectivity index (χ0n) is 14.9. The van der Waals surface area contributed by atoms with Gasteiger partial charge in [0.1, 0.15) is 24.1 Å². The van der Waals surface area contributed by atoms with Gasteiger partial charge in [-0.3, -0.25) is 0 Å². The largest absolute Gasteiger partial charge is 0.497 e. The van der Waals surface area contributed by atoms with Gasteiger partial charge in [-0.2, -0.15) is 0 Å². The Labute approximate surface area is 151 Å². The minimum Gasteiger partial charge on any atom is -0.497 e. The third-order valence-corrected chi connectivity index (χ3v) is 4.87. The fourth-order valence-electron chi connectivity index (χ4n) is 3.39. The van der Waals surface area contributed by atoms with E-state index in [1.165, 1.54) is 7.11 Å². The lowest BCUT2D eigenvalue weighted by atomic mass is 9.96. The first kappa shape index (κ1) is 19.1. The van der Waals surface area contributed by atoms with Crippen molar-refractivity contribution in [2.75, 3.05) is 27.4 Å². The molecule has 0 unspecified atom stereocenters. The summed E-state index contributed by atoms with van der Waals surface area (Å²) in [7, 11) is 3.04. The molecule has 0 spiro atoms. The number of ether oxygens (including phenoxy) is 3. The quantitative estimate of drug-likeness (QED) is 0.459. The second-order valence-electron chi connectivity index (χ2n) is 6.40. The molecule has 1 aliphatic heterocycles. The van der Waals surface area contributed by atoms with Crippen LogP contribution in [0.5, 0.6) is 5.75 Å². The van der Waals surface area contributed by atoms with E-state index in [0.29, 0.717) is 13.0 Å². The summed E-state index contributed by atoms with van der Waals surface area (Å²) in [6, 6.07) is 5.18. The highest BCUT2D eigenvalue weighted by molar-refractivity contribution is 5.84. The molecule has 0 aliphatic carbocycles. The van der Waals surface area contributed by atoms with Crippen LogP contribution in [0.3, 0.4) is 0 Å². The Hall–Kier alpha value is -1.68. The van der Waals surface area contributed by atoms with Crippen molar-refractivity contribution in [3.8, 4) is 5.75 Å². The Morgan fingerprint density at radius 3 is 2.73 bits per heavy atom. The number of fused-ring (bicyclic) bond motifs is 1. The highest BCUT2D eigenvalue weighted by Crippen LogP contribution is 2.25. The number of hydrogen-bond acceptors (Lipinski definition) is 7. The number of H-pyrrole nitrogens is 1. The van der Waals surface area contributed by atoms with Crippen molar-refractivity contribution in [1.82, 2.24) is 10.3 Å². The number of nitrogens with one attached hydrogen (secondary N) is 2. The maximum Gasteiger partial charge on any atom is 0.185 e. The molecular weight excluding hydrogens is 340 g/mol. The molecule has 0 bridgehead atoms. The zero-order chi connectivity index (χ0) is 18.7. The molecule has 0 radical (unpaired) electrons. The second-order valence-corrected chi connectivity index (χ2v) is 6.40. The van der Waals surface area contributed by atoms with Crippen molar-refractivity contribution < 1.29 is 29.5 Å². The molecular formula is C18H26N2O6. The first-order valence-corrected chi connectivity index (χ1v) is 8.61. The molecule has 0 amide bonds. The maximum absolute atomic E-state index is 10.3. The zero-order valence-corrected chi connectivity index (χ0v) is 14.9. The van der Waals surface area contributed by atoms with Gasteiger partial charge in [0, 0.05) is 24.2 Å². The molecule has 1 aromatic heterocycles. The number of aliphatic hydroxyl groups excluding tert-OH is 3. The van der Waals surface area contributed by atoms with Gasteiger partial charge in [-0.25, -0.2) is 0 Å². The second kappa shape index (κ2) is 8.34. The van der Waals surface area contributed by atoms with Gasteiger partial charge in [0.05, 0.1) is 19.8 Å². The van der Waals surface area contributed by atoms with Gasteiger partial charge in [-0.05, 0) is 36.7 Å². The number of rotatable bonds is 7. The smallest absolute Gasteiger partial charge is 0.185 e. The van der Waals surface area contributed by atoms with Gasteiger partial charge in [0.25, 0.3) is 0 Å². The van der Waals surface area contributed by atoms with Crippen LogP contribution in [-0.2, 0) is 15.9 Å². The van der Waals surface area contributed by atoms with Gasteiger partial charge in [0.15, 0.2) is 6.29 Å². The summed E-state index contributed by atoms with van der Waals surface area (Å²) in [6.07, 6.45) is -1.16. The minimum atomic E-state index is -1.04. The van der Waals surface area contributed by atoms with Crippen LogP contribution >= 0.6 is 0 Å². The van der Waals surface area contributed by atoms with Crippen molar-refractivity contribution in [2.24, 2.45) is 0 Å². The van der Waals surface area contributed by atoms with Crippen LogP contribution in [0.4, 0.5) is 0 Å². The summed E-state index contributed by atoms with van der Waals surface area (Å²) in [4.78, 5) is 3.22. The minimum absolute atomic E-state index is 0.353. The standard InChI is InChI=1S/C18H26N2O6/c1-24-11-3-4-13-12(7-11)10(8-20-13)5-6-19-15-16(22)14(9-21)26-18(25-2)17(15)23/h3-4,7-8,14-23H,5-6,9H2,1-2H3/t14-,15-,16-,17+,18+/m1/s1. The van der Waals surface area contributed by atoms with E-state index in [1.54, 1.807) is 7.11 Å². The Kier molecular flexibility index (Phi) is 6.13. The van der Waals surface area contributed by atoms with Crippen LogP contribution in [0.1, 0.15) is 5.56 Å². The summed E-state index contributed by atoms with van der Waals surface area (Å²) in [5.74, 6) is 0.787. The first-order chi connectivity index (χ1) is 12.6. The number of methoxy groups -OCH3 is 2. The molecule has 8 heteroatoms. The van der Waals surface area contributed by atoms with Crippen molar-refractivity contribution in [1.29, 1.82) is 0 Å². The summed E-state index contributed by atoms with van der Waals surface area (Å²) >= 11 is 0. The number of aromatic amines is 1. The van der Waals surface area contributed by atoms with E-state index in [1.807, 2.05) is 24.4 Å². The molecule has 2 heterocycles. The number of aromatic nitrogens is 1. The van der Waals surface area contributed by atoms with Crippen LogP contribution < -0.4 is 10.1 Å². The van der Waals surface area contributed by atoms with Gasteiger partial charge >= 0.3 is 0 Å². The maximum atomic E-state index is 10.3. The SMILES string of the molecule is COc1ccc2[nH]cc(CCN[C@H]3[C@H](O)[C@@H](OC)O[C@H](CO)[C@H]3O)c2c1. The van der Waals surface area contributed by atoms with Gasteiger partial charge in [-0.1, -0.05) is 0 Å². The van der Waals surface area contributed by atoms with E-state index in [4.69, 9.17) is 14.2 Å². The summed E-state index contributed by atoms with van der Waals surface area (Å²) in [5, 5.41) is 34.2. The van der Waals surface area contributed by atoms with Crippen molar-refractivity contribution in [3.05, 3.63) is 30.0 Å². The Bertz CT molecular complexity index is 705. The lowest BCUT2D eigenvalue weighted by Gasteiger charge is -2.42. The lowest BCUT2D eigenvalue weighted by Crippen LogP contribution is -2.64. The Morgan fingerprint density at radius 2 is 2.04 bits per heavy atom. The van der Waals surface area contributed by atoms with E-state index in [-0.39, 0.29) is 6.61 Å². The van der Waals surface area contributed by atoms with Gasteiger partial charge < -0.3 is 39.8 Å². The summed E-state index contributed by atoms with van der Waals surface area (Å²) < 4.78 is 15.7. The summed E-state index contributed by atoms with van der Waals surface area (Å²) in [6.45, 7) is 0.172. The molecule has 0 saturated carbocycles. The molecule has 8 nitrogen and oxygen atoms in total. The molecule has 2 aromatic rings. The van der Waals surface area contributed by atoms with E-state index in [0.717, 1.165) is 22.2 Å². The number of hydrogen-bond donors (Lipinski definition) is 5. The van der Waals surface area contributed by atoms with Crippen LogP contribution in [0.2, 0.25) is 0 Å². The molecule has 5 N–H and O–H groups in total. The number of benzene rings is 1. The van der Waals surface area contributed by atoms with E-state index < -0.39 is 30.6 Å². The molecule has 3 rings (SSSR count). The Morgan fingerprint density at radius 1 is 1.23 bits per heavy atom. The average Bonchev–Trinajstić information content (AvgIpc) is 3.06. The molecule has 1 saturated heterocycles. The molecule has 144 valence electrons. The third-order valence-electron chi connectivity index (χ3n) is 4.87. The first-order valence-electron chi connectivity index (χ1n) is 8.61. The van der Waals surface area contributed by atoms with Crippen LogP contribution in [0.25, 0.3) is 10.9 Å². The molecule has 1 aliphatic rings. The average molecular weight is 366 g/mol. The predicted octanol–water partition coefficient (Wildman–Crippen LogP) is -0.237. The number of aliphatic hydroxyl groups is 3. The van der Waals surface area contributed by atoms with Crippen molar-refractivity contribution >= 4 is 10.9 Å². The van der Waals surface area contributed by atoms with Crippen LogP contribution in [0.15, 0.2) is 24.4 Å². The van der Waals surface area contributed by atoms with Crippen molar-refractivity contribution in [2.45, 2.75) is 37.1 Å². The fraction of sp³-hybridized carbons (Fsp3) is 0.556. The molecule has 1 fully saturated rings. The molecule has 5 atom stereocenters. The fourth-order valence-corrected chi connectivity index (χ4v) is 3.39.